The number of nitrogens with one attached hydrogen (secondary N) is 2. The van der Waals surface area contributed by atoms with Crippen LogP contribution in [0.3, 0.4) is 0 Å². The zero-order chi connectivity index (χ0) is 14.5. The van der Waals surface area contributed by atoms with E-state index < -0.39 is 0 Å². The summed E-state index contributed by atoms with van der Waals surface area (Å²) in [7, 11) is 0. The zero-order valence-electron chi connectivity index (χ0n) is 11.5. The molecule has 0 saturated heterocycles. The predicted octanol–water partition coefficient (Wildman–Crippen LogP) is 4.55. The summed E-state index contributed by atoms with van der Waals surface area (Å²) in [6, 6.07) is 14.5. The van der Waals surface area contributed by atoms with Crippen LogP contribution in [-0.2, 0) is 6.54 Å². The van der Waals surface area contributed by atoms with Gasteiger partial charge in [-0.2, -0.15) is 0 Å². The molecule has 0 aliphatic rings. The first-order chi connectivity index (χ1) is 9.54. The molecule has 2 nitrogen and oxygen atoms in total. The zero-order valence-corrected chi connectivity index (χ0v) is 13.9. The Hall–Kier alpha value is -1.39. The van der Waals surface area contributed by atoms with Gasteiger partial charge in [0.1, 0.15) is 0 Å². The lowest BCUT2D eigenvalue weighted by Crippen LogP contribution is -2.28. The van der Waals surface area contributed by atoms with Gasteiger partial charge in [0.05, 0.1) is 0 Å². The van der Waals surface area contributed by atoms with E-state index in [9.17, 15) is 0 Å². The number of aryl methyl sites for hydroxylation is 2. The minimum atomic E-state index is 0.635. The molecule has 0 saturated carbocycles. The van der Waals surface area contributed by atoms with E-state index in [0.29, 0.717) is 5.11 Å². The summed E-state index contributed by atoms with van der Waals surface area (Å²) in [5.74, 6) is 0. The van der Waals surface area contributed by atoms with Crippen LogP contribution in [0.2, 0.25) is 0 Å². The van der Waals surface area contributed by atoms with Crippen molar-refractivity contribution < 1.29 is 0 Å². The summed E-state index contributed by atoms with van der Waals surface area (Å²) in [6.07, 6.45) is 0. The van der Waals surface area contributed by atoms with E-state index in [1.807, 2.05) is 12.1 Å². The molecule has 20 heavy (non-hydrogen) atoms. The molecular weight excluding hydrogens is 332 g/mol. The van der Waals surface area contributed by atoms with Crippen molar-refractivity contribution in [3.8, 4) is 0 Å². The number of hydrogen-bond acceptors (Lipinski definition) is 1. The van der Waals surface area contributed by atoms with Crippen molar-refractivity contribution >= 4 is 38.9 Å². The van der Waals surface area contributed by atoms with Crippen LogP contribution in [0.1, 0.15) is 16.7 Å². The predicted molar refractivity (Wildman–Crippen MR) is 93.1 cm³/mol. The Morgan fingerprint density at radius 1 is 1.10 bits per heavy atom. The molecule has 0 aromatic heterocycles. The lowest BCUT2D eigenvalue weighted by atomic mass is 10.1. The second-order valence-corrected chi connectivity index (χ2v) is 6.08. The van der Waals surface area contributed by atoms with Crippen molar-refractivity contribution in [2.45, 2.75) is 20.4 Å². The fraction of sp³-hybridized carbons (Fsp3) is 0.188. The Balaban J connectivity index is 1.90. The largest absolute Gasteiger partial charge is 0.358 e. The van der Waals surface area contributed by atoms with E-state index in [-0.39, 0.29) is 0 Å². The highest BCUT2D eigenvalue weighted by atomic mass is 79.9. The third-order valence-electron chi connectivity index (χ3n) is 3.01. The monoisotopic (exact) mass is 348 g/mol. The molecule has 0 unspecified atom stereocenters. The van der Waals surface area contributed by atoms with Crippen molar-refractivity contribution in [3.63, 3.8) is 0 Å². The summed E-state index contributed by atoms with van der Waals surface area (Å²) in [6.45, 7) is 4.86. The lowest BCUT2D eigenvalue weighted by molar-refractivity contribution is 0.925. The summed E-state index contributed by atoms with van der Waals surface area (Å²) < 4.78 is 1.07. The number of benzene rings is 2. The van der Waals surface area contributed by atoms with Gasteiger partial charge in [-0.15, -0.1) is 0 Å². The van der Waals surface area contributed by atoms with Gasteiger partial charge in [-0.25, -0.2) is 0 Å². The van der Waals surface area contributed by atoms with E-state index >= 15 is 0 Å². The van der Waals surface area contributed by atoms with Crippen molar-refractivity contribution in [1.29, 1.82) is 0 Å². The Bertz CT molecular complexity index is 608. The van der Waals surface area contributed by atoms with Gasteiger partial charge in [-0.1, -0.05) is 45.8 Å². The maximum absolute atomic E-state index is 5.32. The Morgan fingerprint density at radius 3 is 2.45 bits per heavy atom. The highest BCUT2D eigenvalue weighted by Crippen LogP contribution is 2.19. The van der Waals surface area contributed by atoms with Crippen LogP contribution >= 0.6 is 28.1 Å². The van der Waals surface area contributed by atoms with Gasteiger partial charge in [0.25, 0.3) is 0 Å². The Labute approximate surface area is 133 Å². The number of anilines is 1. The average molecular weight is 349 g/mol. The molecule has 4 heteroatoms. The Kier molecular flexibility index (Phi) is 5.15. The van der Waals surface area contributed by atoms with E-state index in [1.54, 1.807) is 0 Å². The van der Waals surface area contributed by atoms with E-state index in [2.05, 4.69) is 70.7 Å². The SMILES string of the molecule is Cc1ccc(CNC(=S)Nc2ccc(Br)cc2C)cc1. The smallest absolute Gasteiger partial charge is 0.171 e. The summed E-state index contributed by atoms with van der Waals surface area (Å²) >= 11 is 8.77. The van der Waals surface area contributed by atoms with Crippen molar-refractivity contribution in [2.75, 3.05) is 5.32 Å². The molecule has 2 rings (SSSR count). The van der Waals surface area contributed by atoms with Crippen LogP contribution in [0.25, 0.3) is 0 Å². The fourth-order valence-electron chi connectivity index (χ4n) is 1.82. The molecule has 2 aromatic carbocycles. The molecule has 0 atom stereocenters. The molecule has 0 radical (unpaired) electrons. The number of rotatable bonds is 3. The van der Waals surface area contributed by atoms with Gasteiger partial charge in [-0.3, -0.25) is 0 Å². The third-order valence-corrected chi connectivity index (χ3v) is 3.75. The van der Waals surface area contributed by atoms with Crippen LogP contribution in [0.4, 0.5) is 5.69 Å². The van der Waals surface area contributed by atoms with Gasteiger partial charge >= 0.3 is 0 Å². The van der Waals surface area contributed by atoms with Crippen LogP contribution in [0, 0.1) is 13.8 Å². The van der Waals surface area contributed by atoms with E-state index in [1.165, 1.54) is 11.1 Å². The number of hydrogen-bond donors (Lipinski definition) is 2. The Morgan fingerprint density at radius 2 is 1.80 bits per heavy atom. The van der Waals surface area contributed by atoms with Gasteiger partial charge < -0.3 is 10.6 Å². The van der Waals surface area contributed by atoms with Crippen molar-refractivity contribution in [1.82, 2.24) is 5.32 Å². The molecule has 0 spiro atoms. The number of thiocarbonyl (C=S) groups is 1. The topological polar surface area (TPSA) is 24.1 Å². The van der Waals surface area contributed by atoms with Crippen LogP contribution in [0.5, 0.6) is 0 Å². The standard InChI is InChI=1S/C16H17BrN2S/c1-11-3-5-13(6-4-11)10-18-16(20)19-15-8-7-14(17)9-12(15)2/h3-9H,10H2,1-2H3,(H2,18,19,20). The molecule has 0 bridgehead atoms. The fourth-order valence-corrected chi connectivity index (χ4v) is 2.48. The minimum Gasteiger partial charge on any atom is -0.358 e. The van der Waals surface area contributed by atoms with E-state index in [0.717, 1.165) is 22.3 Å². The molecule has 2 N–H and O–H groups in total. The highest BCUT2D eigenvalue weighted by molar-refractivity contribution is 9.10. The lowest BCUT2D eigenvalue weighted by Gasteiger charge is -2.13. The minimum absolute atomic E-state index is 0.635. The quantitative estimate of drug-likeness (QED) is 0.795. The second-order valence-electron chi connectivity index (χ2n) is 4.75. The van der Waals surface area contributed by atoms with Gasteiger partial charge in [0.2, 0.25) is 0 Å². The van der Waals surface area contributed by atoms with Crippen molar-refractivity contribution in [2.24, 2.45) is 0 Å². The molecule has 0 amide bonds. The van der Waals surface area contributed by atoms with Gasteiger partial charge in [0.15, 0.2) is 5.11 Å². The molecular formula is C16H17BrN2S. The first-order valence-corrected chi connectivity index (χ1v) is 7.61. The molecule has 2 aromatic rings. The summed E-state index contributed by atoms with van der Waals surface area (Å²) in [4.78, 5) is 0. The second kappa shape index (κ2) is 6.86. The average Bonchev–Trinajstić information content (AvgIpc) is 2.41. The maximum Gasteiger partial charge on any atom is 0.171 e. The van der Waals surface area contributed by atoms with Gasteiger partial charge in [-0.05, 0) is 55.4 Å². The van der Waals surface area contributed by atoms with Gasteiger partial charge in [0, 0.05) is 16.7 Å². The molecule has 0 aliphatic carbocycles. The molecule has 0 aliphatic heterocycles. The molecule has 104 valence electrons. The summed E-state index contributed by atoms with van der Waals surface area (Å²) in [5, 5.41) is 7.07. The first-order valence-electron chi connectivity index (χ1n) is 6.41. The van der Waals surface area contributed by atoms with Crippen molar-refractivity contribution in [3.05, 3.63) is 63.6 Å². The maximum atomic E-state index is 5.32. The summed E-state index contributed by atoms with van der Waals surface area (Å²) in [5.41, 5.74) is 4.65. The highest BCUT2D eigenvalue weighted by Gasteiger charge is 2.02. The van der Waals surface area contributed by atoms with E-state index in [4.69, 9.17) is 12.2 Å². The first kappa shape index (κ1) is 15.0. The normalized spacial score (nSPS) is 10.2. The van der Waals surface area contributed by atoms with Crippen LogP contribution in [0.15, 0.2) is 46.9 Å². The molecule has 0 heterocycles. The number of halogens is 1. The van der Waals surface area contributed by atoms with Crippen LogP contribution in [-0.4, -0.2) is 5.11 Å². The third kappa shape index (κ3) is 4.32. The van der Waals surface area contributed by atoms with Crippen LogP contribution < -0.4 is 10.6 Å². The molecule has 0 fully saturated rings.